The van der Waals surface area contributed by atoms with Gasteiger partial charge in [-0.2, -0.15) is 4.91 Å². The van der Waals surface area contributed by atoms with E-state index in [9.17, 15) is 4.91 Å². The lowest BCUT2D eigenvalue weighted by molar-refractivity contribution is -0.0110. The van der Waals surface area contributed by atoms with Crippen LogP contribution < -0.4 is 14.4 Å². The highest BCUT2D eigenvalue weighted by Gasteiger charge is 2.35. The van der Waals surface area contributed by atoms with Crippen molar-refractivity contribution in [1.82, 2.24) is 0 Å². The SMILES string of the molecule is COCCCN1CCOc2ccc(CO[C@H]3CC[C@@H](CC(C)(C)N=O)C[C@@H]3c3ccc(OC)cc3)cc21. The average Bonchev–Trinajstić information content (AvgIpc) is 2.92. The lowest BCUT2D eigenvalue weighted by Crippen LogP contribution is -2.34. The zero-order chi connectivity index (χ0) is 26.3. The number of methoxy groups -OCH3 is 2. The summed E-state index contributed by atoms with van der Waals surface area (Å²) in [6.07, 6.45) is 4.90. The van der Waals surface area contributed by atoms with Crippen LogP contribution in [0.2, 0.25) is 0 Å². The predicted molar refractivity (Wildman–Crippen MR) is 147 cm³/mol. The molecule has 1 aliphatic carbocycles. The molecule has 1 saturated carbocycles. The van der Waals surface area contributed by atoms with Crippen molar-refractivity contribution in [2.24, 2.45) is 11.1 Å². The van der Waals surface area contributed by atoms with Gasteiger partial charge in [-0.1, -0.05) is 23.4 Å². The third-order valence-electron chi connectivity index (χ3n) is 7.70. The first-order valence-electron chi connectivity index (χ1n) is 13.5. The van der Waals surface area contributed by atoms with Crippen LogP contribution in [-0.2, 0) is 16.1 Å². The van der Waals surface area contributed by atoms with Crippen LogP contribution in [0.5, 0.6) is 11.5 Å². The van der Waals surface area contributed by atoms with Crippen LogP contribution in [0.1, 0.15) is 63.0 Å². The minimum Gasteiger partial charge on any atom is -0.497 e. The minimum atomic E-state index is -0.539. The molecule has 0 amide bonds. The maximum atomic E-state index is 11.3. The Morgan fingerprint density at radius 3 is 2.65 bits per heavy atom. The van der Waals surface area contributed by atoms with Crippen LogP contribution in [0.25, 0.3) is 0 Å². The van der Waals surface area contributed by atoms with E-state index in [1.54, 1.807) is 14.2 Å². The smallest absolute Gasteiger partial charge is 0.142 e. The van der Waals surface area contributed by atoms with Crippen LogP contribution in [0.4, 0.5) is 5.69 Å². The van der Waals surface area contributed by atoms with Gasteiger partial charge in [0.15, 0.2) is 0 Å². The number of nitroso groups, excluding NO2 is 1. The van der Waals surface area contributed by atoms with Crippen LogP contribution in [-0.4, -0.2) is 52.2 Å². The van der Waals surface area contributed by atoms with E-state index < -0.39 is 5.54 Å². The average molecular weight is 511 g/mol. The molecule has 1 fully saturated rings. The summed E-state index contributed by atoms with van der Waals surface area (Å²) in [4.78, 5) is 13.7. The lowest BCUT2D eigenvalue weighted by Gasteiger charge is -2.38. The van der Waals surface area contributed by atoms with E-state index in [0.717, 1.165) is 74.6 Å². The fourth-order valence-corrected chi connectivity index (χ4v) is 5.80. The summed E-state index contributed by atoms with van der Waals surface area (Å²) in [5.41, 5.74) is 3.02. The van der Waals surface area contributed by atoms with Gasteiger partial charge in [0.25, 0.3) is 0 Å². The molecule has 0 saturated heterocycles. The van der Waals surface area contributed by atoms with Crippen molar-refractivity contribution in [3.05, 3.63) is 58.5 Å². The first kappa shape index (κ1) is 27.4. The zero-order valence-corrected chi connectivity index (χ0v) is 22.8. The number of rotatable bonds is 12. The number of ether oxygens (including phenoxy) is 4. The monoisotopic (exact) mass is 510 g/mol. The molecule has 1 heterocycles. The van der Waals surface area contributed by atoms with E-state index in [2.05, 4.69) is 40.4 Å². The third-order valence-corrected chi connectivity index (χ3v) is 7.70. The Bertz CT molecular complexity index is 1010. The van der Waals surface area contributed by atoms with Crippen LogP contribution >= 0.6 is 0 Å². The van der Waals surface area contributed by atoms with E-state index in [1.165, 1.54) is 5.56 Å². The maximum Gasteiger partial charge on any atom is 0.142 e. The van der Waals surface area contributed by atoms with Crippen molar-refractivity contribution < 1.29 is 18.9 Å². The summed E-state index contributed by atoms with van der Waals surface area (Å²) >= 11 is 0. The molecule has 0 aromatic heterocycles. The summed E-state index contributed by atoms with van der Waals surface area (Å²) in [7, 11) is 3.43. The molecule has 3 atom stereocenters. The van der Waals surface area contributed by atoms with Crippen LogP contribution in [0.3, 0.4) is 0 Å². The Balaban J connectivity index is 1.46. The summed E-state index contributed by atoms with van der Waals surface area (Å²) in [5, 5.41) is 3.38. The fourth-order valence-electron chi connectivity index (χ4n) is 5.80. The van der Waals surface area contributed by atoms with Gasteiger partial charge in [-0.3, -0.25) is 0 Å². The van der Waals surface area contributed by atoms with E-state index in [4.69, 9.17) is 18.9 Å². The van der Waals surface area contributed by atoms with E-state index in [1.807, 2.05) is 26.0 Å². The van der Waals surface area contributed by atoms with Gasteiger partial charge in [0, 0.05) is 26.2 Å². The van der Waals surface area contributed by atoms with E-state index in [-0.39, 0.29) is 12.0 Å². The van der Waals surface area contributed by atoms with Gasteiger partial charge < -0.3 is 23.8 Å². The molecule has 202 valence electrons. The number of anilines is 1. The number of nitrogens with zero attached hydrogens (tertiary/aromatic N) is 2. The molecule has 7 heteroatoms. The van der Waals surface area contributed by atoms with E-state index in [0.29, 0.717) is 19.1 Å². The maximum absolute atomic E-state index is 11.3. The van der Waals surface area contributed by atoms with E-state index >= 15 is 0 Å². The number of hydrogen-bond acceptors (Lipinski definition) is 7. The summed E-state index contributed by atoms with van der Waals surface area (Å²) in [6, 6.07) is 14.8. The van der Waals surface area contributed by atoms with Crippen molar-refractivity contribution in [2.75, 3.05) is 45.4 Å². The third kappa shape index (κ3) is 7.23. The normalized spacial score (nSPS) is 21.7. The molecule has 0 N–H and O–H groups in total. The van der Waals surface area contributed by atoms with Crippen molar-refractivity contribution in [3.63, 3.8) is 0 Å². The number of fused-ring (bicyclic) bond motifs is 1. The second kappa shape index (κ2) is 12.7. The molecular weight excluding hydrogens is 468 g/mol. The Labute approximate surface area is 221 Å². The Morgan fingerprint density at radius 2 is 1.92 bits per heavy atom. The molecule has 0 radical (unpaired) electrons. The molecule has 2 aromatic rings. The first-order chi connectivity index (χ1) is 17.9. The second-order valence-corrected chi connectivity index (χ2v) is 11.0. The van der Waals surface area contributed by atoms with Crippen LogP contribution in [0, 0.1) is 10.8 Å². The molecule has 2 aliphatic rings. The molecule has 0 unspecified atom stereocenters. The van der Waals surface area contributed by atoms with Crippen molar-refractivity contribution in [2.45, 2.75) is 70.1 Å². The molecule has 0 bridgehead atoms. The number of benzene rings is 2. The van der Waals surface area contributed by atoms with Gasteiger partial charge in [-0.25, -0.2) is 0 Å². The topological polar surface area (TPSA) is 69.6 Å². The van der Waals surface area contributed by atoms with Crippen molar-refractivity contribution in [3.8, 4) is 11.5 Å². The quantitative estimate of drug-likeness (QED) is 0.245. The van der Waals surface area contributed by atoms with Gasteiger partial charge in [-0.15, -0.1) is 0 Å². The molecular formula is C30H42N2O5. The summed E-state index contributed by atoms with van der Waals surface area (Å²) in [5.74, 6) is 2.50. The summed E-state index contributed by atoms with van der Waals surface area (Å²) < 4.78 is 23.2. The standard InChI is InChI=1S/C30H42N2O5/c1-30(2,31-33)20-22-6-12-28(26(18-22)24-8-10-25(35-4)11-9-24)37-21-23-7-13-29-27(19-23)32(15-17-36-29)14-5-16-34-3/h7-11,13,19,22,26,28H,5-6,12,14-18,20-21H2,1-4H3/t22-,26-,28+/m1/s1. The molecule has 37 heavy (non-hydrogen) atoms. The van der Waals surface area contributed by atoms with Gasteiger partial charge >= 0.3 is 0 Å². The Kier molecular flexibility index (Phi) is 9.43. The zero-order valence-electron chi connectivity index (χ0n) is 22.8. The van der Waals surface area contributed by atoms with Gasteiger partial charge in [0.1, 0.15) is 18.1 Å². The summed E-state index contributed by atoms with van der Waals surface area (Å²) in [6.45, 7) is 7.72. The highest BCUT2D eigenvalue weighted by Crippen LogP contribution is 2.42. The lowest BCUT2D eigenvalue weighted by atomic mass is 9.72. The fraction of sp³-hybridized carbons (Fsp3) is 0.600. The molecule has 7 nitrogen and oxygen atoms in total. The van der Waals surface area contributed by atoms with Crippen molar-refractivity contribution in [1.29, 1.82) is 0 Å². The Morgan fingerprint density at radius 1 is 1.11 bits per heavy atom. The first-order valence-corrected chi connectivity index (χ1v) is 13.5. The number of hydrogen-bond donors (Lipinski definition) is 0. The van der Waals surface area contributed by atoms with Crippen LogP contribution in [0.15, 0.2) is 47.6 Å². The van der Waals surface area contributed by atoms with Gasteiger partial charge in [0.2, 0.25) is 0 Å². The largest absolute Gasteiger partial charge is 0.497 e. The minimum absolute atomic E-state index is 0.113. The molecule has 2 aromatic carbocycles. The second-order valence-electron chi connectivity index (χ2n) is 11.0. The molecule has 0 spiro atoms. The highest BCUT2D eigenvalue weighted by atomic mass is 16.5. The van der Waals surface area contributed by atoms with Gasteiger partial charge in [-0.05, 0) is 87.3 Å². The van der Waals surface area contributed by atoms with Gasteiger partial charge in [0.05, 0.1) is 37.6 Å². The molecule has 1 aliphatic heterocycles. The Hall–Kier alpha value is -2.64. The highest BCUT2D eigenvalue weighted by molar-refractivity contribution is 5.61. The molecule has 4 rings (SSSR count). The van der Waals surface area contributed by atoms with Crippen molar-refractivity contribution >= 4 is 5.69 Å². The predicted octanol–water partition coefficient (Wildman–Crippen LogP) is 6.33.